The minimum atomic E-state index is -0.0125. The molecule has 5 nitrogen and oxygen atoms in total. The SMILES string of the molecule is O=C(NCC(c1cccs1)N1CCCC1)C1CCN(C(=O)c2ccc(Br)cc2)CC1. The average molecular weight is 490 g/mol. The fraction of sp³-hybridized carbons (Fsp3) is 0.478. The van der Waals surface area contributed by atoms with Gasteiger partial charge in [0.2, 0.25) is 5.91 Å². The molecule has 2 aliphatic rings. The largest absolute Gasteiger partial charge is 0.354 e. The molecule has 1 atom stereocenters. The van der Waals surface area contributed by atoms with E-state index >= 15 is 0 Å². The third kappa shape index (κ3) is 5.13. The van der Waals surface area contributed by atoms with Gasteiger partial charge in [0.15, 0.2) is 0 Å². The molecule has 2 amide bonds. The maximum atomic E-state index is 12.8. The summed E-state index contributed by atoms with van der Waals surface area (Å²) in [5.41, 5.74) is 0.700. The van der Waals surface area contributed by atoms with E-state index in [0.717, 1.165) is 30.4 Å². The van der Waals surface area contributed by atoms with Crippen molar-refractivity contribution in [2.75, 3.05) is 32.7 Å². The highest BCUT2D eigenvalue weighted by Gasteiger charge is 2.29. The third-order valence-electron chi connectivity index (χ3n) is 6.17. The Morgan fingerprint density at radius 1 is 1.07 bits per heavy atom. The number of nitrogens with one attached hydrogen (secondary N) is 1. The van der Waals surface area contributed by atoms with Gasteiger partial charge in [-0.3, -0.25) is 14.5 Å². The van der Waals surface area contributed by atoms with Gasteiger partial charge < -0.3 is 10.2 Å². The summed E-state index contributed by atoms with van der Waals surface area (Å²) in [5, 5.41) is 5.33. The van der Waals surface area contributed by atoms with Crippen LogP contribution in [0.25, 0.3) is 0 Å². The zero-order chi connectivity index (χ0) is 20.9. The Morgan fingerprint density at radius 3 is 2.40 bits per heavy atom. The fourth-order valence-corrected chi connectivity index (χ4v) is 5.53. The molecule has 0 aliphatic carbocycles. The molecule has 1 aromatic carbocycles. The summed E-state index contributed by atoms with van der Waals surface area (Å²) in [6, 6.07) is 12.0. The molecule has 0 radical (unpaired) electrons. The average Bonchev–Trinajstić information content (AvgIpc) is 3.49. The highest BCUT2D eigenvalue weighted by Crippen LogP contribution is 2.28. The third-order valence-corrected chi connectivity index (χ3v) is 7.67. The van der Waals surface area contributed by atoms with Crippen LogP contribution in [0, 0.1) is 5.92 Å². The Kier molecular flexibility index (Phi) is 7.23. The van der Waals surface area contributed by atoms with E-state index in [2.05, 4.69) is 43.7 Å². The van der Waals surface area contributed by atoms with Crippen LogP contribution in [0.15, 0.2) is 46.3 Å². The van der Waals surface area contributed by atoms with Crippen LogP contribution in [0.1, 0.15) is 47.0 Å². The van der Waals surface area contributed by atoms with Crippen molar-refractivity contribution in [3.05, 3.63) is 56.7 Å². The molecular formula is C23H28BrN3O2S. The first kappa shape index (κ1) is 21.5. The second kappa shape index (κ2) is 10.1. The summed E-state index contributed by atoms with van der Waals surface area (Å²) in [5.74, 6) is 0.168. The monoisotopic (exact) mass is 489 g/mol. The number of hydrogen-bond donors (Lipinski definition) is 1. The first-order valence-electron chi connectivity index (χ1n) is 10.7. The van der Waals surface area contributed by atoms with Gasteiger partial charge in [-0.25, -0.2) is 0 Å². The van der Waals surface area contributed by atoms with Gasteiger partial charge in [-0.1, -0.05) is 22.0 Å². The van der Waals surface area contributed by atoms with E-state index in [9.17, 15) is 9.59 Å². The standard InChI is InChI=1S/C23H28BrN3O2S/c24-19-7-5-18(6-8-19)23(29)27-13-9-17(10-14-27)22(28)25-16-20(21-4-3-15-30-21)26-11-1-2-12-26/h3-8,15,17,20H,1-2,9-14,16H2,(H,25,28). The van der Waals surface area contributed by atoms with Crippen molar-refractivity contribution < 1.29 is 9.59 Å². The molecular weight excluding hydrogens is 462 g/mol. The highest BCUT2D eigenvalue weighted by atomic mass is 79.9. The van der Waals surface area contributed by atoms with E-state index in [-0.39, 0.29) is 23.8 Å². The van der Waals surface area contributed by atoms with Crippen LogP contribution >= 0.6 is 27.3 Å². The molecule has 1 N–H and O–H groups in total. The zero-order valence-corrected chi connectivity index (χ0v) is 19.5. The van der Waals surface area contributed by atoms with Crippen LogP contribution in [0.5, 0.6) is 0 Å². The number of piperidine rings is 1. The van der Waals surface area contributed by atoms with Crippen molar-refractivity contribution in [2.24, 2.45) is 5.92 Å². The number of rotatable bonds is 6. The molecule has 0 bridgehead atoms. The molecule has 2 aliphatic heterocycles. The number of nitrogens with zero attached hydrogens (tertiary/aromatic N) is 2. The molecule has 7 heteroatoms. The summed E-state index contributed by atoms with van der Waals surface area (Å²) < 4.78 is 0.962. The quantitative estimate of drug-likeness (QED) is 0.657. The number of carbonyl (C=O) groups excluding carboxylic acids is 2. The highest BCUT2D eigenvalue weighted by molar-refractivity contribution is 9.10. The topological polar surface area (TPSA) is 52.7 Å². The van der Waals surface area contributed by atoms with Crippen LogP contribution < -0.4 is 5.32 Å². The van der Waals surface area contributed by atoms with Crippen LogP contribution in [0.4, 0.5) is 0 Å². The summed E-state index contributed by atoms with van der Waals surface area (Å²) in [6.07, 6.45) is 3.92. The summed E-state index contributed by atoms with van der Waals surface area (Å²) >= 11 is 5.17. The van der Waals surface area contributed by atoms with Crippen LogP contribution in [-0.2, 0) is 4.79 Å². The molecule has 2 saturated heterocycles. The van der Waals surface area contributed by atoms with Crippen LogP contribution in [0.2, 0.25) is 0 Å². The number of halogens is 1. The van der Waals surface area contributed by atoms with Crippen LogP contribution in [0.3, 0.4) is 0 Å². The number of likely N-dealkylation sites (tertiary alicyclic amines) is 2. The number of benzene rings is 1. The maximum Gasteiger partial charge on any atom is 0.253 e. The van der Waals surface area contributed by atoms with E-state index in [4.69, 9.17) is 0 Å². The predicted octanol–water partition coefficient (Wildman–Crippen LogP) is 4.32. The van der Waals surface area contributed by atoms with Gasteiger partial charge in [-0.05, 0) is 74.5 Å². The number of carbonyl (C=O) groups is 2. The molecule has 1 unspecified atom stereocenters. The van der Waals surface area contributed by atoms with E-state index in [1.165, 1.54) is 17.7 Å². The Bertz CT molecular complexity index is 842. The van der Waals surface area contributed by atoms with Gasteiger partial charge in [-0.15, -0.1) is 11.3 Å². The van der Waals surface area contributed by atoms with Gasteiger partial charge in [0, 0.05) is 40.5 Å². The fourth-order valence-electron chi connectivity index (χ4n) is 4.41. The minimum Gasteiger partial charge on any atom is -0.354 e. The zero-order valence-electron chi connectivity index (χ0n) is 17.1. The lowest BCUT2D eigenvalue weighted by molar-refractivity contribution is -0.126. The molecule has 160 valence electrons. The van der Waals surface area contributed by atoms with Crippen molar-refractivity contribution in [2.45, 2.75) is 31.7 Å². The van der Waals surface area contributed by atoms with Gasteiger partial charge in [-0.2, -0.15) is 0 Å². The Morgan fingerprint density at radius 2 is 1.77 bits per heavy atom. The van der Waals surface area contributed by atoms with Crippen molar-refractivity contribution in [3.8, 4) is 0 Å². The predicted molar refractivity (Wildman–Crippen MR) is 124 cm³/mol. The molecule has 3 heterocycles. The Labute approximate surface area is 190 Å². The normalized spacial score (nSPS) is 19.0. The number of hydrogen-bond acceptors (Lipinski definition) is 4. The molecule has 1 aromatic heterocycles. The van der Waals surface area contributed by atoms with E-state index in [1.807, 2.05) is 29.2 Å². The van der Waals surface area contributed by atoms with E-state index < -0.39 is 0 Å². The first-order valence-corrected chi connectivity index (χ1v) is 12.4. The summed E-state index contributed by atoms with van der Waals surface area (Å²) in [4.78, 5) is 31.2. The van der Waals surface area contributed by atoms with E-state index in [1.54, 1.807) is 11.3 Å². The Hall–Kier alpha value is -1.70. The maximum absolute atomic E-state index is 12.8. The Balaban J connectivity index is 1.28. The van der Waals surface area contributed by atoms with Crippen molar-refractivity contribution >= 4 is 39.1 Å². The number of amides is 2. The van der Waals surface area contributed by atoms with Gasteiger partial charge in [0.1, 0.15) is 0 Å². The van der Waals surface area contributed by atoms with E-state index in [0.29, 0.717) is 25.2 Å². The molecule has 2 fully saturated rings. The van der Waals surface area contributed by atoms with Crippen molar-refractivity contribution in [1.82, 2.24) is 15.1 Å². The molecule has 2 aromatic rings. The van der Waals surface area contributed by atoms with Gasteiger partial charge in [0.25, 0.3) is 5.91 Å². The summed E-state index contributed by atoms with van der Waals surface area (Å²) in [7, 11) is 0. The second-order valence-corrected chi connectivity index (χ2v) is 9.99. The molecule has 30 heavy (non-hydrogen) atoms. The van der Waals surface area contributed by atoms with Crippen LogP contribution in [-0.4, -0.2) is 54.3 Å². The number of thiophene rings is 1. The smallest absolute Gasteiger partial charge is 0.253 e. The van der Waals surface area contributed by atoms with Crippen molar-refractivity contribution in [1.29, 1.82) is 0 Å². The molecule has 0 saturated carbocycles. The first-order chi connectivity index (χ1) is 14.6. The minimum absolute atomic E-state index is 0.0125. The molecule has 0 spiro atoms. The summed E-state index contributed by atoms with van der Waals surface area (Å²) in [6.45, 7) is 4.14. The second-order valence-electron chi connectivity index (χ2n) is 8.09. The lowest BCUT2D eigenvalue weighted by atomic mass is 9.95. The van der Waals surface area contributed by atoms with Gasteiger partial charge in [0.05, 0.1) is 6.04 Å². The lowest BCUT2D eigenvalue weighted by Gasteiger charge is -2.32. The lowest BCUT2D eigenvalue weighted by Crippen LogP contribution is -2.44. The van der Waals surface area contributed by atoms with Gasteiger partial charge >= 0.3 is 0 Å². The van der Waals surface area contributed by atoms with Crippen molar-refractivity contribution in [3.63, 3.8) is 0 Å². The molecule has 4 rings (SSSR count).